The molecule has 0 aliphatic carbocycles. The molecular weight excluding hydrogens is 338 g/mol. The molecule has 1 aliphatic rings. The molecule has 8 heteroatoms. The number of benzene rings is 1. The molecule has 0 atom stereocenters. The van der Waals surface area contributed by atoms with Crippen LogP contribution in [0.5, 0.6) is 0 Å². The number of hydrogen-bond donors (Lipinski definition) is 0. The Balaban J connectivity index is 1.66. The van der Waals surface area contributed by atoms with E-state index in [9.17, 15) is 14.4 Å². The van der Waals surface area contributed by atoms with Gasteiger partial charge in [-0.3, -0.25) is 14.6 Å². The smallest absolute Gasteiger partial charge is 0.360 e. The van der Waals surface area contributed by atoms with Crippen LogP contribution in [-0.4, -0.2) is 33.0 Å². The Kier molecular flexibility index (Phi) is 3.58. The minimum absolute atomic E-state index is 0.0350. The maximum absolute atomic E-state index is 12.6. The Morgan fingerprint density at radius 3 is 2.27 bits per heavy atom. The number of hydroxylamine groups is 2. The van der Waals surface area contributed by atoms with E-state index in [0.29, 0.717) is 10.6 Å². The Morgan fingerprint density at radius 2 is 1.65 bits per heavy atom. The van der Waals surface area contributed by atoms with Crippen molar-refractivity contribution >= 4 is 17.8 Å². The summed E-state index contributed by atoms with van der Waals surface area (Å²) in [5, 5.41) is 4.32. The molecule has 0 N–H and O–H groups in total. The number of hydrogen-bond acceptors (Lipinski definition) is 7. The SMILES string of the molecule is Cc1onc(-c2ccncc2)c1C(=O)ON1C(=O)c2ccccc2C1=O. The number of aryl methyl sites for hydroxylation is 1. The van der Waals surface area contributed by atoms with Crippen LogP contribution in [0.25, 0.3) is 11.3 Å². The maximum Gasteiger partial charge on any atom is 0.369 e. The highest BCUT2D eigenvalue weighted by molar-refractivity contribution is 6.21. The van der Waals surface area contributed by atoms with Gasteiger partial charge in [-0.05, 0) is 31.2 Å². The van der Waals surface area contributed by atoms with Gasteiger partial charge in [-0.2, -0.15) is 0 Å². The molecule has 0 fully saturated rings. The first kappa shape index (κ1) is 15.7. The van der Waals surface area contributed by atoms with Crippen molar-refractivity contribution < 1.29 is 23.7 Å². The molecule has 1 aromatic carbocycles. The summed E-state index contributed by atoms with van der Waals surface area (Å²) >= 11 is 0. The third-order valence-electron chi connectivity index (χ3n) is 3.95. The molecule has 0 saturated heterocycles. The number of carbonyl (C=O) groups is 3. The van der Waals surface area contributed by atoms with E-state index >= 15 is 0 Å². The number of fused-ring (bicyclic) bond motifs is 1. The van der Waals surface area contributed by atoms with E-state index in [1.807, 2.05) is 0 Å². The van der Waals surface area contributed by atoms with Gasteiger partial charge in [-0.15, -0.1) is 0 Å². The van der Waals surface area contributed by atoms with E-state index in [2.05, 4.69) is 10.1 Å². The largest absolute Gasteiger partial charge is 0.369 e. The molecule has 0 unspecified atom stereocenters. The van der Waals surface area contributed by atoms with Gasteiger partial charge in [0.05, 0.1) is 11.1 Å². The van der Waals surface area contributed by atoms with Crippen molar-refractivity contribution in [3.8, 4) is 11.3 Å². The van der Waals surface area contributed by atoms with Gasteiger partial charge in [-0.1, -0.05) is 22.4 Å². The zero-order valence-corrected chi connectivity index (χ0v) is 13.5. The predicted molar refractivity (Wildman–Crippen MR) is 86.8 cm³/mol. The fourth-order valence-electron chi connectivity index (χ4n) is 2.70. The molecule has 3 heterocycles. The average Bonchev–Trinajstić information content (AvgIpc) is 3.16. The second kappa shape index (κ2) is 5.92. The quantitative estimate of drug-likeness (QED) is 0.669. The highest BCUT2D eigenvalue weighted by atomic mass is 16.7. The molecule has 26 heavy (non-hydrogen) atoms. The van der Waals surface area contributed by atoms with E-state index < -0.39 is 17.8 Å². The zero-order valence-electron chi connectivity index (χ0n) is 13.5. The number of imide groups is 1. The van der Waals surface area contributed by atoms with Crippen molar-refractivity contribution in [2.45, 2.75) is 6.92 Å². The fraction of sp³-hybridized carbons (Fsp3) is 0.0556. The summed E-state index contributed by atoms with van der Waals surface area (Å²) in [6.45, 7) is 1.54. The molecule has 0 spiro atoms. The van der Waals surface area contributed by atoms with Crippen LogP contribution in [0.15, 0.2) is 53.3 Å². The summed E-state index contributed by atoms with van der Waals surface area (Å²) in [6.07, 6.45) is 3.08. The maximum atomic E-state index is 12.6. The van der Waals surface area contributed by atoms with E-state index in [4.69, 9.17) is 9.36 Å². The van der Waals surface area contributed by atoms with Crippen molar-refractivity contribution in [3.63, 3.8) is 0 Å². The van der Waals surface area contributed by atoms with Gasteiger partial charge in [0.2, 0.25) is 0 Å². The zero-order chi connectivity index (χ0) is 18.3. The molecule has 0 radical (unpaired) electrons. The molecule has 2 aromatic heterocycles. The highest BCUT2D eigenvalue weighted by Gasteiger charge is 2.39. The minimum atomic E-state index is -0.912. The van der Waals surface area contributed by atoms with Crippen molar-refractivity contribution in [1.29, 1.82) is 0 Å². The lowest BCUT2D eigenvalue weighted by Gasteiger charge is -2.12. The normalized spacial score (nSPS) is 13.0. The van der Waals surface area contributed by atoms with Crippen molar-refractivity contribution in [2.75, 3.05) is 0 Å². The summed E-state index contributed by atoms with van der Waals surface area (Å²) in [5.41, 5.74) is 1.23. The Morgan fingerprint density at radius 1 is 1.04 bits per heavy atom. The van der Waals surface area contributed by atoms with Gasteiger partial charge in [0, 0.05) is 18.0 Å². The number of nitrogens with zero attached hydrogens (tertiary/aromatic N) is 3. The summed E-state index contributed by atoms with van der Waals surface area (Å²) in [5.74, 6) is -2.10. The molecule has 3 aromatic rings. The van der Waals surface area contributed by atoms with E-state index in [0.717, 1.165) is 0 Å². The lowest BCUT2D eigenvalue weighted by molar-refractivity contribution is -0.0585. The van der Waals surface area contributed by atoms with E-state index in [1.54, 1.807) is 36.7 Å². The van der Waals surface area contributed by atoms with Crippen LogP contribution in [0.2, 0.25) is 0 Å². The highest BCUT2D eigenvalue weighted by Crippen LogP contribution is 2.28. The third kappa shape index (κ3) is 2.35. The molecule has 2 amide bonds. The van der Waals surface area contributed by atoms with Crippen LogP contribution in [0, 0.1) is 6.92 Å². The summed E-state index contributed by atoms with van der Waals surface area (Å²) in [6, 6.07) is 9.54. The third-order valence-corrected chi connectivity index (χ3v) is 3.95. The molecule has 8 nitrogen and oxygen atoms in total. The summed E-state index contributed by atoms with van der Waals surface area (Å²) in [4.78, 5) is 46.3. The number of carbonyl (C=O) groups excluding carboxylic acids is 3. The van der Waals surface area contributed by atoms with Crippen molar-refractivity contribution in [2.24, 2.45) is 0 Å². The van der Waals surface area contributed by atoms with Gasteiger partial charge < -0.3 is 9.36 Å². The predicted octanol–water partition coefficient (Wildman–Crippen LogP) is 2.41. The Bertz CT molecular complexity index is 1010. The van der Waals surface area contributed by atoms with Gasteiger partial charge in [0.15, 0.2) is 0 Å². The molecule has 0 bridgehead atoms. The summed E-state index contributed by atoms with van der Waals surface area (Å²) in [7, 11) is 0. The minimum Gasteiger partial charge on any atom is -0.360 e. The Labute approximate surface area is 146 Å². The molecular formula is C18H11N3O5. The van der Waals surface area contributed by atoms with Crippen LogP contribution in [0.3, 0.4) is 0 Å². The summed E-state index contributed by atoms with van der Waals surface area (Å²) < 4.78 is 5.09. The standard InChI is InChI=1S/C18H11N3O5/c1-10-14(15(20-25-10)11-6-8-19-9-7-11)18(24)26-21-16(22)12-4-2-3-5-13(12)17(21)23/h2-9H,1H3. The van der Waals surface area contributed by atoms with Gasteiger partial charge in [0.25, 0.3) is 11.8 Å². The van der Waals surface area contributed by atoms with Crippen LogP contribution >= 0.6 is 0 Å². The van der Waals surface area contributed by atoms with Gasteiger partial charge in [-0.25, -0.2) is 4.79 Å². The molecule has 4 rings (SSSR count). The molecule has 1 aliphatic heterocycles. The first-order valence-corrected chi connectivity index (χ1v) is 7.64. The topological polar surface area (TPSA) is 103 Å². The van der Waals surface area contributed by atoms with Crippen LogP contribution in [0.4, 0.5) is 0 Å². The number of rotatable bonds is 3. The lowest BCUT2D eigenvalue weighted by Crippen LogP contribution is -2.32. The monoisotopic (exact) mass is 349 g/mol. The van der Waals surface area contributed by atoms with Crippen LogP contribution in [0.1, 0.15) is 36.8 Å². The Hall–Kier alpha value is -3.81. The first-order valence-electron chi connectivity index (χ1n) is 7.64. The van der Waals surface area contributed by atoms with Crippen molar-refractivity contribution in [1.82, 2.24) is 15.2 Å². The van der Waals surface area contributed by atoms with Gasteiger partial charge in [0.1, 0.15) is 17.0 Å². The lowest BCUT2D eigenvalue weighted by atomic mass is 10.1. The first-order chi connectivity index (χ1) is 12.6. The molecule has 0 saturated carbocycles. The number of aromatic nitrogens is 2. The molecule has 128 valence electrons. The second-order valence-corrected chi connectivity index (χ2v) is 5.53. The van der Waals surface area contributed by atoms with Gasteiger partial charge >= 0.3 is 5.97 Å². The van der Waals surface area contributed by atoms with Crippen LogP contribution in [-0.2, 0) is 4.84 Å². The fourth-order valence-corrected chi connectivity index (χ4v) is 2.70. The van der Waals surface area contributed by atoms with Crippen molar-refractivity contribution in [3.05, 3.63) is 71.2 Å². The number of amides is 2. The van der Waals surface area contributed by atoms with E-state index in [1.165, 1.54) is 19.1 Å². The average molecular weight is 349 g/mol. The number of pyridine rings is 1. The van der Waals surface area contributed by atoms with Crippen LogP contribution < -0.4 is 0 Å². The second-order valence-electron chi connectivity index (χ2n) is 5.53. The van der Waals surface area contributed by atoms with E-state index in [-0.39, 0.29) is 28.1 Å².